The van der Waals surface area contributed by atoms with Crippen LogP contribution in [0.1, 0.15) is 32.6 Å². The lowest BCUT2D eigenvalue weighted by Gasteiger charge is -2.33. The van der Waals surface area contributed by atoms with Crippen molar-refractivity contribution in [1.29, 1.82) is 0 Å². The number of hydrogen-bond donors (Lipinski definition) is 0. The largest absolute Gasteiger partial charge is 0.342 e. The number of carbonyl (C=O) groups excluding carboxylic acids is 1. The van der Waals surface area contributed by atoms with Gasteiger partial charge < -0.3 is 4.90 Å². The van der Waals surface area contributed by atoms with Crippen LogP contribution in [0.3, 0.4) is 0 Å². The normalized spacial score (nSPS) is 22.6. The number of aromatic nitrogens is 1. The molecule has 1 heterocycles. The molecule has 1 saturated carbocycles. The zero-order valence-electron chi connectivity index (χ0n) is 12.0. The second-order valence-electron chi connectivity index (χ2n) is 5.52. The van der Waals surface area contributed by atoms with Gasteiger partial charge in [-0.15, -0.1) is 0 Å². The molecule has 0 spiro atoms. The van der Waals surface area contributed by atoms with E-state index in [2.05, 4.69) is 11.9 Å². The second-order valence-corrected chi connectivity index (χ2v) is 6.95. The smallest absolute Gasteiger partial charge is 0.232 e. The van der Waals surface area contributed by atoms with Gasteiger partial charge in [-0.3, -0.25) is 4.79 Å². The number of pyridine rings is 1. The number of hydrogen-bond acceptors (Lipinski definition) is 3. The maximum Gasteiger partial charge on any atom is 0.232 e. The van der Waals surface area contributed by atoms with Gasteiger partial charge in [-0.2, -0.15) is 0 Å². The van der Waals surface area contributed by atoms with Crippen LogP contribution in [0, 0.1) is 5.92 Å². The molecule has 0 aromatic carbocycles. The summed E-state index contributed by atoms with van der Waals surface area (Å²) < 4.78 is 0. The van der Waals surface area contributed by atoms with Gasteiger partial charge in [0.25, 0.3) is 0 Å². The van der Waals surface area contributed by atoms with E-state index < -0.39 is 0 Å². The van der Waals surface area contributed by atoms with Gasteiger partial charge in [-0.05, 0) is 43.7 Å². The molecule has 0 bridgehead atoms. The Bertz CT molecular complexity index is 444. The number of thioether (sulfide) groups is 1. The third kappa shape index (κ3) is 4.38. The fourth-order valence-electron chi connectivity index (χ4n) is 2.52. The summed E-state index contributed by atoms with van der Waals surface area (Å²) in [6.07, 6.45) is 6.34. The van der Waals surface area contributed by atoms with Crippen LogP contribution < -0.4 is 0 Å². The summed E-state index contributed by atoms with van der Waals surface area (Å²) >= 11 is 7.26. The Hall–Kier alpha value is -0.740. The first-order valence-corrected chi connectivity index (χ1v) is 8.42. The molecule has 0 N–H and O–H groups in total. The molecule has 20 heavy (non-hydrogen) atoms. The number of nitrogens with zero attached hydrogens (tertiary/aromatic N) is 2. The highest BCUT2D eigenvalue weighted by Crippen LogP contribution is 2.27. The lowest BCUT2D eigenvalue weighted by Crippen LogP contribution is -2.40. The lowest BCUT2D eigenvalue weighted by molar-refractivity contribution is -0.129. The number of rotatable bonds is 4. The van der Waals surface area contributed by atoms with E-state index >= 15 is 0 Å². The van der Waals surface area contributed by atoms with Crippen LogP contribution in [0.5, 0.6) is 0 Å². The van der Waals surface area contributed by atoms with Gasteiger partial charge in [0.05, 0.1) is 15.8 Å². The fraction of sp³-hybridized carbons (Fsp3) is 0.600. The molecule has 110 valence electrons. The predicted octanol–water partition coefficient (Wildman–Crippen LogP) is 3.86. The second kappa shape index (κ2) is 7.32. The van der Waals surface area contributed by atoms with Crippen LogP contribution in [-0.2, 0) is 4.79 Å². The van der Waals surface area contributed by atoms with Crippen molar-refractivity contribution in [2.24, 2.45) is 5.92 Å². The Kier molecular flexibility index (Phi) is 5.73. The minimum Gasteiger partial charge on any atom is -0.342 e. The Balaban J connectivity index is 1.80. The molecule has 0 radical (unpaired) electrons. The summed E-state index contributed by atoms with van der Waals surface area (Å²) in [5.74, 6) is 1.44. The van der Waals surface area contributed by atoms with Gasteiger partial charge in [0.1, 0.15) is 0 Å². The summed E-state index contributed by atoms with van der Waals surface area (Å²) in [4.78, 5) is 18.3. The minimum absolute atomic E-state index is 0.186. The molecule has 1 aromatic heterocycles. The topological polar surface area (TPSA) is 33.2 Å². The van der Waals surface area contributed by atoms with Crippen molar-refractivity contribution in [1.82, 2.24) is 9.88 Å². The first kappa shape index (κ1) is 15.6. The predicted molar refractivity (Wildman–Crippen MR) is 84.2 cm³/mol. The third-order valence-corrected chi connectivity index (χ3v) is 5.12. The van der Waals surface area contributed by atoms with Crippen LogP contribution >= 0.6 is 23.4 Å². The Morgan fingerprint density at radius 1 is 1.40 bits per heavy atom. The van der Waals surface area contributed by atoms with Gasteiger partial charge >= 0.3 is 0 Å². The van der Waals surface area contributed by atoms with Crippen molar-refractivity contribution in [3.8, 4) is 0 Å². The number of carbonyl (C=O) groups is 1. The molecule has 5 heteroatoms. The molecule has 0 atom stereocenters. The molecule has 2 rings (SSSR count). The molecule has 3 nitrogen and oxygen atoms in total. The first-order valence-electron chi connectivity index (χ1n) is 7.06. The molecule has 1 aliphatic carbocycles. The monoisotopic (exact) mass is 312 g/mol. The average Bonchev–Trinajstić information content (AvgIpc) is 2.46. The van der Waals surface area contributed by atoms with Crippen LogP contribution in [0.2, 0.25) is 5.02 Å². The Labute approximate surface area is 130 Å². The fourth-order valence-corrected chi connectivity index (χ4v) is 3.40. The third-order valence-electron chi connectivity index (χ3n) is 3.97. The number of amides is 1. The van der Waals surface area contributed by atoms with Crippen LogP contribution in [0.4, 0.5) is 0 Å². The van der Waals surface area contributed by atoms with Crippen molar-refractivity contribution in [2.45, 2.75) is 43.7 Å². The van der Waals surface area contributed by atoms with Crippen molar-refractivity contribution in [2.75, 3.05) is 12.8 Å². The highest BCUT2D eigenvalue weighted by molar-refractivity contribution is 7.99. The molecule has 0 unspecified atom stereocenters. The van der Waals surface area contributed by atoms with Crippen molar-refractivity contribution in [3.63, 3.8) is 0 Å². The molecular formula is C15H21ClN2OS. The Morgan fingerprint density at radius 2 is 2.10 bits per heavy atom. The number of halogens is 1. The SMILES string of the molecule is CC1CCC(N(C)C(=O)CSc2ccc(Cl)cn2)CC1. The van der Waals surface area contributed by atoms with E-state index in [4.69, 9.17) is 11.6 Å². The lowest BCUT2D eigenvalue weighted by atomic mass is 9.87. The van der Waals surface area contributed by atoms with Gasteiger partial charge in [0.15, 0.2) is 0 Å². The maximum absolute atomic E-state index is 12.2. The quantitative estimate of drug-likeness (QED) is 0.791. The molecule has 0 aliphatic heterocycles. The molecular weight excluding hydrogens is 292 g/mol. The van der Waals surface area contributed by atoms with Gasteiger partial charge in [0, 0.05) is 19.3 Å². The van der Waals surface area contributed by atoms with E-state index in [1.165, 1.54) is 24.6 Å². The Morgan fingerprint density at radius 3 is 2.70 bits per heavy atom. The van der Waals surface area contributed by atoms with E-state index in [1.54, 1.807) is 12.3 Å². The van der Waals surface area contributed by atoms with Crippen molar-refractivity contribution < 1.29 is 4.79 Å². The van der Waals surface area contributed by atoms with Gasteiger partial charge in [0.2, 0.25) is 5.91 Å². The zero-order chi connectivity index (χ0) is 14.5. The molecule has 1 aliphatic rings. The van der Waals surface area contributed by atoms with Crippen LogP contribution in [0.25, 0.3) is 0 Å². The summed E-state index contributed by atoms with van der Waals surface area (Å²) in [6, 6.07) is 4.06. The molecule has 0 saturated heterocycles. The average molecular weight is 313 g/mol. The van der Waals surface area contributed by atoms with Crippen molar-refractivity contribution in [3.05, 3.63) is 23.4 Å². The first-order chi connectivity index (χ1) is 9.56. The van der Waals surface area contributed by atoms with E-state index in [-0.39, 0.29) is 5.91 Å². The molecule has 1 amide bonds. The van der Waals surface area contributed by atoms with Crippen LogP contribution in [-0.4, -0.2) is 34.6 Å². The summed E-state index contributed by atoms with van der Waals surface area (Å²) in [7, 11) is 1.93. The highest BCUT2D eigenvalue weighted by atomic mass is 35.5. The van der Waals surface area contributed by atoms with Gasteiger partial charge in [-0.25, -0.2) is 4.98 Å². The molecule has 1 fully saturated rings. The van der Waals surface area contributed by atoms with E-state index in [1.807, 2.05) is 18.0 Å². The van der Waals surface area contributed by atoms with E-state index in [0.717, 1.165) is 23.8 Å². The minimum atomic E-state index is 0.186. The molecule has 1 aromatic rings. The van der Waals surface area contributed by atoms with Crippen molar-refractivity contribution >= 4 is 29.3 Å². The summed E-state index contributed by atoms with van der Waals surface area (Å²) in [5.41, 5.74) is 0. The van der Waals surface area contributed by atoms with E-state index in [9.17, 15) is 4.79 Å². The maximum atomic E-state index is 12.2. The van der Waals surface area contributed by atoms with E-state index in [0.29, 0.717) is 16.8 Å². The van der Waals surface area contributed by atoms with Crippen LogP contribution in [0.15, 0.2) is 23.4 Å². The van der Waals surface area contributed by atoms with Gasteiger partial charge in [-0.1, -0.05) is 30.3 Å². The summed E-state index contributed by atoms with van der Waals surface area (Å²) in [6.45, 7) is 2.29. The summed E-state index contributed by atoms with van der Waals surface area (Å²) in [5, 5.41) is 1.46. The zero-order valence-corrected chi connectivity index (χ0v) is 13.6. The standard InChI is InChI=1S/C15H21ClN2OS/c1-11-3-6-13(7-4-11)18(2)15(19)10-20-14-8-5-12(16)9-17-14/h5,8-9,11,13H,3-4,6-7,10H2,1-2H3. The highest BCUT2D eigenvalue weighted by Gasteiger charge is 2.24.